The Bertz CT molecular complexity index is 1220. The van der Waals surface area contributed by atoms with Crippen LogP contribution in [0.5, 0.6) is 0 Å². The molecule has 0 bridgehead atoms. The number of fused-ring (bicyclic) bond motifs is 1. The van der Waals surface area contributed by atoms with E-state index < -0.39 is 0 Å². The van der Waals surface area contributed by atoms with E-state index in [1.54, 1.807) is 4.57 Å². The summed E-state index contributed by atoms with van der Waals surface area (Å²) in [4.78, 5) is 18.3. The Hall–Kier alpha value is -3.79. The zero-order valence-corrected chi connectivity index (χ0v) is 17.5. The molecular formula is C27H24N3O+. The lowest BCUT2D eigenvalue weighted by Crippen LogP contribution is -2.44. The van der Waals surface area contributed by atoms with Crippen molar-refractivity contribution in [1.29, 1.82) is 0 Å². The van der Waals surface area contributed by atoms with E-state index in [1.165, 1.54) is 11.1 Å². The molecule has 0 amide bonds. The molecule has 2 heterocycles. The largest absolute Gasteiger partial charge is 0.359 e. The molecular weight excluding hydrogens is 382 g/mol. The second kappa shape index (κ2) is 8.15. The Labute approximate surface area is 182 Å². The number of benzene rings is 3. The number of rotatable bonds is 5. The summed E-state index contributed by atoms with van der Waals surface area (Å²) in [5.74, 6) is 0.857. The van der Waals surface area contributed by atoms with Crippen LogP contribution in [0.3, 0.4) is 0 Å². The number of aryl methyl sites for hydroxylation is 1. The number of hydrogen-bond acceptors (Lipinski definition) is 3. The molecule has 1 unspecified atom stereocenters. The van der Waals surface area contributed by atoms with Gasteiger partial charge in [-0.05, 0) is 18.1 Å². The van der Waals surface area contributed by atoms with Gasteiger partial charge >= 0.3 is 11.7 Å². The molecule has 4 heteroatoms. The highest BCUT2D eigenvalue weighted by molar-refractivity contribution is 5.82. The maximum Gasteiger partial charge on any atom is 0.359 e. The number of hydrogen-bond donors (Lipinski definition) is 1. The Morgan fingerprint density at radius 2 is 1.55 bits per heavy atom. The smallest absolute Gasteiger partial charge is 0.258 e. The summed E-state index contributed by atoms with van der Waals surface area (Å²) in [5, 5.41) is 3.47. The van der Waals surface area contributed by atoms with Crippen LogP contribution in [0, 0.1) is 6.92 Å². The lowest BCUT2D eigenvalue weighted by molar-refractivity contribution is -0.552. The molecule has 5 rings (SSSR count). The van der Waals surface area contributed by atoms with E-state index in [1.807, 2.05) is 54.7 Å². The van der Waals surface area contributed by atoms with E-state index in [2.05, 4.69) is 48.6 Å². The van der Waals surface area contributed by atoms with Crippen LogP contribution in [0.15, 0.2) is 91.1 Å². The molecule has 0 fully saturated rings. The van der Waals surface area contributed by atoms with Crippen molar-refractivity contribution in [1.82, 2.24) is 4.98 Å². The van der Waals surface area contributed by atoms with Crippen LogP contribution in [0.4, 0.5) is 5.82 Å². The van der Waals surface area contributed by atoms with E-state index in [0.717, 1.165) is 28.3 Å². The Morgan fingerprint density at radius 1 is 0.871 bits per heavy atom. The first-order chi connectivity index (χ1) is 15.2. The van der Waals surface area contributed by atoms with Crippen molar-refractivity contribution >= 4 is 11.7 Å². The minimum Gasteiger partial charge on any atom is -0.258 e. The molecule has 152 valence electrons. The lowest BCUT2D eigenvalue weighted by Gasteiger charge is -2.07. The van der Waals surface area contributed by atoms with Crippen LogP contribution in [-0.4, -0.2) is 16.9 Å². The van der Waals surface area contributed by atoms with Crippen molar-refractivity contribution in [3.05, 3.63) is 114 Å². The zero-order chi connectivity index (χ0) is 21.2. The normalized spacial score (nSPS) is 14.9. The summed E-state index contributed by atoms with van der Waals surface area (Å²) in [6.07, 6.45) is 3.17. The van der Waals surface area contributed by atoms with Gasteiger partial charge in [-0.15, -0.1) is 0 Å². The van der Waals surface area contributed by atoms with Crippen LogP contribution in [-0.2, 0) is 12.8 Å². The number of aromatic nitrogens is 2. The zero-order valence-electron chi connectivity index (χ0n) is 17.5. The van der Waals surface area contributed by atoms with E-state index in [4.69, 9.17) is 4.98 Å². The summed E-state index contributed by atoms with van der Waals surface area (Å²) in [7, 11) is 0. The second-order valence-corrected chi connectivity index (χ2v) is 8.04. The van der Waals surface area contributed by atoms with Crippen molar-refractivity contribution in [2.24, 2.45) is 0 Å². The molecule has 31 heavy (non-hydrogen) atoms. The molecule has 1 aliphatic heterocycles. The third-order valence-corrected chi connectivity index (χ3v) is 5.71. The van der Waals surface area contributed by atoms with Gasteiger partial charge in [0.05, 0.1) is 0 Å². The predicted molar refractivity (Wildman–Crippen MR) is 122 cm³/mol. The molecule has 1 aliphatic rings. The number of anilines is 1. The minimum absolute atomic E-state index is 0.0597. The SMILES string of the molecule is Cc1ccc(CC2Nc3c(Cc4ccccc4)nc(-c4ccccc4)c[n+]3C2=O)cc1. The van der Waals surface area contributed by atoms with E-state index in [-0.39, 0.29) is 11.9 Å². The van der Waals surface area contributed by atoms with Gasteiger partial charge in [-0.2, -0.15) is 4.57 Å². The standard InChI is InChI=1S/C27H23N3O/c1-19-12-14-21(15-13-19)17-24-27(31)30-18-25(22-10-6-3-7-11-22)28-23(26(30)29-24)16-20-8-4-2-5-9-20/h2-15,18,24H,16-17H2,1H3/p+1. The third kappa shape index (κ3) is 3.97. The van der Waals surface area contributed by atoms with E-state index >= 15 is 0 Å². The number of carbonyl (C=O) groups excluding carboxylic acids is 1. The van der Waals surface area contributed by atoms with Crippen LogP contribution < -0.4 is 9.88 Å². The maximum atomic E-state index is 13.3. The molecule has 4 nitrogen and oxygen atoms in total. The first-order valence-corrected chi connectivity index (χ1v) is 10.6. The molecule has 1 atom stereocenters. The van der Waals surface area contributed by atoms with Gasteiger partial charge in [-0.25, -0.2) is 9.78 Å². The molecule has 0 saturated carbocycles. The highest BCUT2D eigenvalue weighted by atomic mass is 16.2. The molecule has 0 saturated heterocycles. The van der Waals surface area contributed by atoms with E-state index in [9.17, 15) is 4.79 Å². The van der Waals surface area contributed by atoms with Gasteiger partial charge in [0.1, 0.15) is 17.6 Å². The summed E-state index contributed by atoms with van der Waals surface area (Å²) >= 11 is 0. The lowest BCUT2D eigenvalue weighted by atomic mass is 10.0. The number of nitrogens with zero attached hydrogens (tertiary/aromatic N) is 2. The fourth-order valence-electron chi connectivity index (χ4n) is 4.03. The fraction of sp³-hybridized carbons (Fsp3) is 0.148. The molecule has 1 N–H and O–H groups in total. The van der Waals surface area contributed by atoms with Crippen LogP contribution >= 0.6 is 0 Å². The topological polar surface area (TPSA) is 45.9 Å². The third-order valence-electron chi connectivity index (χ3n) is 5.71. The first kappa shape index (κ1) is 19.2. The predicted octanol–water partition coefficient (Wildman–Crippen LogP) is 4.61. The van der Waals surface area contributed by atoms with Gasteiger partial charge < -0.3 is 0 Å². The van der Waals surface area contributed by atoms with E-state index in [0.29, 0.717) is 12.8 Å². The molecule has 0 spiro atoms. The molecule has 1 aromatic heterocycles. The second-order valence-electron chi connectivity index (χ2n) is 8.04. The van der Waals surface area contributed by atoms with Crippen molar-refractivity contribution in [2.45, 2.75) is 25.8 Å². The molecule has 0 aliphatic carbocycles. The monoisotopic (exact) mass is 406 g/mol. The first-order valence-electron chi connectivity index (χ1n) is 10.6. The van der Waals surface area contributed by atoms with Crippen molar-refractivity contribution in [3.8, 4) is 11.3 Å². The van der Waals surface area contributed by atoms with Crippen molar-refractivity contribution in [2.75, 3.05) is 5.32 Å². The van der Waals surface area contributed by atoms with Crippen LogP contribution in [0.25, 0.3) is 11.3 Å². The molecule has 4 aromatic rings. The summed E-state index contributed by atoms with van der Waals surface area (Å²) in [6, 6.07) is 28.3. The van der Waals surface area contributed by atoms with Gasteiger partial charge in [0, 0.05) is 18.4 Å². The highest BCUT2D eigenvalue weighted by Gasteiger charge is 2.41. The van der Waals surface area contributed by atoms with Crippen LogP contribution in [0.1, 0.15) is 27.2 Å². The van der Waals surface area contributed by atoms with Gasteiger partial charge in [-0.1, -0.05) is 90.5 Å². The fourth-order valence-corrected chi connectivity index (χ4v) is 4.03. The number of carbonyl (C=O) groups is 1. The average molecular weight is 407 g/mol. The van der Waals surface area contributed by atoms with Gasteiger partial charge in [0.25, 0.3) is 0 Å². The summed E-state index contributed by atoms with van der Waals surface area (Å²) in [6.45, 7) is 2.07. The van der Waals surface area contributed by atoms with Gasteiger partial charge in [-0.3, -0.25) is 5.32 Å². The maximum absolute atomic E-state index is 13.3. The van der Waals surface area contributed by atoms with Crippen molar-refractivity contribution in [3.63, 3.8) is 0 Å². The molecule has 3 aromatic carbocycles. The molecule has 0 radical (unpaired) electrons. The summed E-state index contributed by atoms with van der Waals surface area (Å²) in [5.41, 5.74) is 6.22. The van der Waals surface area contributed by atoms with Gasteiger partial charge in [0.15, 0.2) is 6.04 Å². The Kier molecular flexibility index (Phi) is 5.04. The Balaban J connectivity index is 1.53. The summed E-state index contributed by atoms with van der Waals surface area (Å²) < 4.78 is 1.76. The Morgan fingerprint density at radius 3 is 2.26 bits per heavy atom. The van der Waals surface area contributed by atoms with Crippen molar-refractivity contribution < 1.29 is 9.36 Å². The minimum atomic E-state index is -0.301. The average Bonchev–Trinajstić information content (AvgIpc) is 3.12. The van der Waals surface area contributed by atoms with Crippen LogP contribution in [0.2, 0.25) is 0 Å². The highest BCUT2D eigenvalue weighted by Crippen LogP contribution is 2.24. The quantitative estimate of drug-likeness (QED) is 0.492. The van der Waals surface area contributed by atoms with Gasteiger partial charge in [0.2, 0.25) is 0 Å². The number of nitrogens with one attached hydrogen (secondary N) is 1.